The van der Waals surface area contributed by atoms with Crippen molar-refractivity contribution in [2.75, 3.05) is 31.1 Å². The summed E-state index contributed by atoms with van der Waals surface area (Å²) >= 11 is 0. The third-order valence-corrected chi connectivity index (χ3v) is 7.20. The van der Waals surface area contributed by atoms with Crippen molar-refractivity contribution in [3.8, 4) is 0 Å². The Morgan fingerprint density at radius 3 is 2.59 bits per heavy atom. The Labute approximate surface area is 186 Å². The number of pyridine rings is 1. The predicted octanol–water partition coefficient (Wildman–Crippen LogP) is 2.94. The van der Waals surface area contributed by atoms with Crippen LogP contribution in [0.25, 0.3) is 5.52 Å². The van der Waals surface area contributed by atoms with Crippen LogP contribution in [-0.4, -0.2) is 64.9 Å². The van der Waals surface area contributed by atoms with Gasteiger partial charge in [0.05, 0.1) is 17.4 Å². The molecule has 1 amide bonds. The molecule has 0 aromatic carbocycles. The number of amides is 1. The molecule has 9 heteroatoms. The first-order chi connectivity index (χ1) is 15.5. The zero-order valence-corrected chi connectivity index (χ0v) is 18.1. The molecule has 0 bridgehead atoms. The van der Waals surface area contributed by atoms with Crippen LogP contribution in [0, 0.1) is 17.2 Å². The van der Waals surface area contributed by atoms with Crippen molar-refractivity contribution in [1.29, 1.82) is 5.41 Å². The SMILES string of the molecule is N=C1NC(=O)CCN1c1cnn2ccc(CC3CCN(CC4C[C@@H](F)[C@@H](F)C4)CC3)cc12. The fourth-order valence-electron chi connectivity index (χ4n) is 5.42. The zero-order valence-electron chi connectivity index (χ0n) is 18.1. The molecule has 2 saturated heterocycles. The van der Waals surface area contributed by atoms with Crippen molar-refractivity contribution in [2.45, 2.75) is 50.9 Å². The maximum atomic E-state index is 13.5. The van der Waals surface area contributed by atoms with E-state index >= 15 is 0 Å². The Hall–Kier alpha value is -2.55. The van der Waals surface area contributed by atoms with E-state index in [1.165, 1.54) is 5.56 Å². The second kappa shape index (κ2) is 8.77. The molecule has 3 atom stereocenters. The molecular weight excluding hydrogens is 414 g/mol. The predicted molar refractivity (Wildman–Crippen MR) is 118 cm³/mol. The topological polar surface area (TPSA) is 76.7 Å². The third-order valence-electron chi connectivity index (χ3n) is 7.20. The Morgan fingerprint density at radius 2 is 1.88 bits per heavy atom. The summed E-state index contributed by atoms with van der Waals surface area (Å²) in [6.45, 7) is 3.26. The molecule has 1 saturated carbocycles. The Kier molecular flexibility index (Phi) is 5.84. The molecule has 172 valence electrons. The van der Waals surface area contributed by atoms with Crippen LogP contribution in [0.15, 0.2) is 24.5 Å². The van der Waals surface area contributed by atoms with E-state index in [1.807, 2.05) is 10.7 Å². The highest BCUT2D eigenvalue weighted by Gasteiger charge is 2.35. The number of nitrogens with one attached hydrogen (secondary N) is 2. The van der Waals surface area contributed by atoms with E-state index in [-0.39, 0.29) is 17.8 Å². The number of hydrogen-bond donors (Lipinski definition) is 2. The van der Waals surface area contributed by atoms with Crippen molar-refractivity contribution in [3.63, 3.8) is 0 Å². The lowest BCUT2D eigenvalue weighted by atomic mass is 9.90. The minimum Gasteiger partial charge on any atom is -0.309 e. The first-order valence-electron chi connectivity index (χ1n) is 11.6. The van der Waals surface area contributed by atoms with Gasteiger partial charge in [-0.3, -0.25) is 15.5 Å². The number of aromatic nitrogens is 2. The number of anilines is 1. The standard InChI is InChI=1S/C23H30F2N6O/c24-18-10-17(11-19(18)25)14-29-5-1-15(2-6-29)9-16-3-8-31-20(12-16)21(13-27-31)30-7-4-22(32)28-23(30)26/h3,8,12-13,15,17-19H,1-2,4-7,9-11,14H2,(H2,26,28,32)/t17?,18-,19+. The number of halogens is 2. The van der Waals surface area contributed by atoms with Gasteiger partial charge in [-0.1, -0.05) is 0 Å². The molecular formula is C23H30F2N6O. The van der Waals surface area contributed by atoms with Crippen LogP contribution in [0.3, 0.4) is 0 Å². The molecule has 2 aromatic heterocycles. The van der Waals surface area contributed by atoms with Gasteiger partial charge in [-0.15, -0.1) is 0 Å². The van der Waals surface area contributed by atoms with Crippen molar-refractivity contribution in [3.05, 3.63) is 30.1 Å². The van der Waals surface area contributed by atoms with Crippen molar-refractivity contribution in [2.24, 2.45) is 11.8 Å². The van der Waals surface area contributed by atoms with E-state index in [2.05, 4.69) is 27.4 Å². The molecule has 3 aliphatic rings. The van der Waals surface area contributed by atoms with E-state index in [1.54, 1.807) is 11.1 Å². The van der Waals surface area contributed by atoms with E-state index in [9.17, 15) is 13.6 Å². The Morgan fingerprint density at radius 1 is 1.12 bits per heavy atom. The molecule has 1 aliphatic carbocycles. The summed E-state index contributed by atoms with van der Waals surface area (Å²) in [5.41, 5.74) is 3.01. The number of likely N-dealkylation sites (tertiary alicyclic amines) is 1. The van der Waals surface area contributed by atoms with Crippen LogP contribution in [0.2, 0.25) is 0 Å². The van der Waals surface area contributed by atoms with Crippen LogP contribution < -0.4 is 10.2 Å². The molecule has 1 unspecified atom stereocenters. The van der Waals surface area contributed by atoms with Gasteiger partial charge in [0.15, 0.2) is 0 Å². The summed E-state index contributed by atoms with van der Waals surface area (Å²) in [7, 11) is 0. The molecule has 5 rings (SSSR count). The monoisotopic (exact) mass is 444 g/mol. The van der Waals surface area contributed by atoms with Gasteiger partial charge in [-0.25, -0.2) is 13.3 Å². The average Bonchev–Trinajstić information content (AvgIpc) is 3.32. The highest BCUT2D eigenvalue weighted by Crippen LogP contribution is 2.33. The molecule has 32 heavy (non-hydrogen) atoms. The quantitative estimate of drug-likeness (QED) is 0.744. The second-order valence-electron chi connectivity index (χ2n) is 9.51. The normalized spacial score (nSPS) is 27.9. The molecule has 4 heterocycles. The number of guanidine groups is 1. The summed E-state index contributed by atoms with van der Waals surface area (Å²) in [6.07, 6.45) is 5.40. The van der Waals surface area contributed by atoms with Crippen LogP contribution in [0.5, 0.6) is 0 Å². The van der Waals surface area contributed by atoms with Gasteiger partial charge >= 0.3 is 0 Å². The minimum absolute atomic E-state index is 0.0920. The zero-order chi connectivity index (χ0) is 22.2. The number of carbonyl (C=O) groups is 1. The van der Waals surface area contributed by atoms with Crippen LogP contribution in [0.1, 0.15) is 37.7 Å². The highest BCUT2D eigenvalue weighted by molar-refractivity contribution is 6.08. The number of nitrogens with zero attached hydrogens (tertiary/aromatic N) is 4. The highest BCUT2D eigenvalue weighted by atomic mass is 19.2. The number of fused-ring (bicyclic) bond motifs is 1. The molecule has 2 aliphatic heterocycles. The molecule has 0 spiro atoms. The van der Waals surface area contributed by atoms with Gasteiger partial charge in [0.25, 0.3) is 0 Å². The lowest BCUT2D eigenvalue weighted by Gasteiger charge is -2.33. The summed E-state index contributed by atoms with van der Waals surface area (Å²) in [6, 6.07) is 4.24. The number of alkyl halides is 2. The van der Waals surface area contributed by atoms with Gasteiger partial charge in [-0.2, -0.15) is 5.10 Å². The van der Waals surface area contributed by atoms with E-state index < -0.39 is 12.3 Å². The fourth-order valence-corrected chi connectivity index (χ4v) is 5.42. The minimum atomic E-state index is -1.27. The Balaban J connectivity index is 1.20. The van der Waals surface area contributed by atoms with Gasteiger partial charge in [0.1, 0.15) is 12.3 Å². The average molecular weight is 445 g/mol. The molecule has 2 N–H and O–H groups in total. The first kappa shape index (κ1) is 21.3. The summed E-state index contributed by atoms with van der Waals surface area (Å²) < 4.78 is 28.7. The fraction of sp³-hybridized carbons (Fsp3) is 0.609. The van der Waals surface area contributed by atoms with Crippen molar-refractivity contribution >= 4 is 23.1 Å². The lowest BCUT2D eigenvalue weighted by Crippen LogP contribution is -2.50. The number of piperidine rings is 1. The van der Waals surface area contributed by atoms with Crippen LogP contribution >= 0.6 is 0 Å². The molecule has 7 nitrogen and oxygen atoms in total. The number of hydrogen-bond acceptors (Lipinski definition) is 4. The maximum Gasteiger partial charge on any atom is 0.228 e. The first-order valence-corrected chi connectivity index (χ1v) is 11.6. The molecule has 3 fully saturated rings. The van der Waals surface area contributed by atoms with Crippen molar-refractivity contribution < 1.29 is 13.6 Å². The number of carbonyl (C=O) groups excluding carboxylic acids is 1. The van der Waals surface area contributed by atoms with Gasteiger partial charge in [0, 0.05) is 25.7 Å². The third kappa shape index (κ3) is 4.35. The van der Waals surface area contributed by atoms with Crippen LogP contribution in [0.4, 0.5) is 14.5 Å². The van der Waals surface area contributed by atoms with E-state index in [0.29, 0.717) is 31.7 Å². The smallest absolute Gasteiger partial charge is 0.228 e. The van der Waals surface area contributed by atoms with Gasteiger partial charge in [0.2, 0.25) is 11.9 Å². The summed E-state index contributed by atoms with van der Waals surface area (Å²) in [5, 5.41) is 15.1. The van der Waals surface area contributed by atoms with Crippen LogP contribution in [-0.2, 0) is 11.2 Å². The van der Waals surface area contributed by atoms with E-state index in [4.69, 9.17) is 5.41 Å². The summed E-state index contributed by atoms with van der Waals surface area (Å²) in [4.78, 5) is 15.7. The number of rotatable bonds is 5. The van der Waals surface area contributed by atoms with Gasteiger partial charge in [-0.05, 0) is 74.7 Å². The van der Waals surface area contributed by atoms with E-state index in [0.717, 1.165) is 50.1 Å². The lowest BCUT2D eigenvalue weighted by molar-refractivity contribution is -0.119. The second-order valence-corrected chi connectivity index (χ2v) is 9.51. The molecule has 2 aromatic rings. The maximum absolute atomic E-state index is 13.5. The summed E-state index contributed by atoms with van der Waals surface area (Å²) in [5.74, 6) is 0.697. The van der Waals surface area contributed by atoms with Gasteiger partial charge < -0.3 is 9.80 Å². The van der Waals surface area contributed by atoms with Crippen molar-refractivity contribution in [1.82, 2.24) is 19.8 Å². The molecule has 0 radical (unpaired) electrons. The Bertz CT molecular complexity index is 992. The largest absolute Gasteiger partial charge is 0.309 e.